The molecule has 10 heteroatoms. The largest absolute Gasteiger partial charge is 0.497 e. The number of halogens is 1. The molecule has 1 fully saturated rings. The van der Waals surface area contributed by atoms with Gasteiger partial charge in [0, 0.05) is 32.6 Å². The van der Waals surface area contributed by atoms with Crippen LogP contribution in [-0.2, 0) is 39.0 Å². The number of benzene rings is 4. The topological polar surface area (TPSA) is 96.0 Å². The number of methoxy groups -OCH3 is 1. The third-order valence-corrected chi connectivity index (χ3v) is 10.3. The minimum Gasteiger partial charge on any atom is -0.497 e. The van der Waals surface area contributed by atoms with Crippen LogP contribution in [0.15, 0.2) is 108 Å². The third-order valence-electron chi connectivity index (χ3n) is 8.39. The second-order valence-electron chi connectivity index (χ2n) is 11.6. The van der Waals surface area contributed by atoms with Crippen LogP contribution in [-0.4, -0.2) is 56.2 Å². The molecule has 246 valence electrons. The van der Waals surface area contributed by atoms with Gasteiger partial charge in [-0.15, -0.1) is 0 Å². The summed E-state index contributed by atoms with van der Waals surface area (Å²) in [6.45, 7) is 1.51. The lowest BCUT2D eigenvalue weighted by Crippen LogP contribution is -2.44. The maximum atomic E-state index is 14.0. The lowest BCUT2D eigenvalue weighted by atomic mass is 10.0. The fraction of sp³-hybridized carbons (Fsp3) is 0.297. The number of hydrogen-bond donors (Lipinski definition) is 1. The molecule has 1 saturated heterocycles. The first-order chi connectivity index (χ1) is 22.7. The minimum absolute atomic E-state index is 0.0852. The molecule has 0 aliphatic carbocycles. The van der Waals surface area contributed by atoms with Crippen molar-refractivity contribution in [1.82, 2.24) is 14.5 Å². The van der Waals surface area contributed by atoms with Gasteiger partial charge in [0.2, 0.25) is 21.8 Å². The van der Waals surface area contributed by atoms with Crippen LogP contribution in [0.5, 0.6) is 5.75 Å². The molecule has 0 radical (unpaired) electrons. The first kappa shape index (κ1) is 33.8. The normalized spacial score (nSPS) is 14.0. The van der Waals surface area contributed by atoms with Crippen LogP contribution in [0.4, 0.5) is 4.39 Å². The number of aryl methyl sites for hydroxylation is 1. The summed E-state index contributed by atoms with van der Waals surface area (Å²) < 4.78 is 46.4. The highest BCUT2D eigenvalue weighted by atomic mass is 32.2. The number of hydrogen-bond acceptors (Lipinski definition) is 5. The number of amides is 2. The number of nitrogens with one attached hydrogen (secondary N) is 1. The smallest absolute Gasteiger partial charge is 0.247 e. The number of carbonyl (C=O) groups is 2. The number of nitrogens with zero attached hydrogens (tertiary/aromatic N) is 2. The lowest BCUT2D eigenvalue weighted by molar-refractivity contribution is -0.141. The first-order valence-corrected chi connectivity index (χ1v) is 17.3. The zero-order valence-corrected chi connectivity index (χ0v) is 27.3. The fourth-order valence-electron chi connectivity index (χ4n) is 5.74. The Labute approximate surface area is 276 Å². The van der Waals surface area contributed by atoms with Gasteiger partial charge in [-0.25, -0.2) is 12.8 Å². The summed E-state index contributed by atoms with van der Waals surface area (Å²) in [7, 11) is -1.93. The van der Waals surface area contributed by atoms with Crippen molar-refractivity contribution in [3.05, 3.63) is 131 Å². The molecule has 0 spiro atoms. The minimum atomic E-state index is -3.54. The van der Waals surface area contributed by atoms with Crippen molar-refractivity contribution in [1.29, 1.82) is 0 Å². The van der Waals surface area contributed by atoms with Gasteiger partial charge in [-0.2, -0.15) is 4.31 Å². The average Bonchev–Trinajstić information content (AvgIpc) is 3.65. The second kappa shape index (κ2) is 15.8. The molecule has 1 heterocycles. The van der Waals surface area contributed by atoms with Gasteiger partial charge >= 0.3 is 0 Å². The summed E-state index contributed by atoms with van der Waals surface area (Å²) in [4.78, 5) is 29.7. The molecule has 1 atom stereocenters. The van der Waals surface area contributed by atoms with Crippen LogP contribution in [0, 0.1) is 5.82 Å². The Bertz CT molecular complexity index is 1730. The van der Waals surface area contributed by atoms with Crippen LogP contribution in [0.25, 0.3) is 0 Å². The maximum Gasteiger partial charge on any atom is 0.247 e. The summed E-state index contributed by atoms with van der Waals surface area (Å²) in [5.41, 5.74) is 3.17. The summed E-state index contributed by atoms with van der Waals surface area (Å²) in [5.74, 6) is -0.225. The Kier molecular flexibility index (Phi) is 11.4. The summed E-state index contributed by atoms with van der Waals surface area (Å²) in [6.07, 6.45) is 2.74. The molecule has 1 N–H and O–H groups in total. The zero-order chi connectivity index (χ0) is 33.2. The Balaban J connectivity index is 1.34. The van der Waals surface area contributed by atoms with E-state index in [2.05, 4.69) is 5.32 Å². The highest BCUT2D eigenvalue weighted by Gasteiger charge is 2.31. The summed E-state index contributed by atoms with van der Waals surface area (Å²) >= 11 is 0. The summed E-state index contributed by atoms with van der Waals surface area (Å²) in [6, 6.07) is 28.4. The molecule has 0 saturated carbocycles. The van der Waals surface area contributed by atoms with Gasteiger partial charge in [0.05, 0.1) is 12.0 Å². The van der Waals surface area contributed by atoms with E-state index in [0.29, 0.717) is 43.6 Å². The molecule has 1 aliphatic rings. The fourth-order valence-corrected chi connectivity index (χ4v) is 7.25. The van der Waals surface area contributed by atoms with E-state index < -0.39 is 21.9 Å². The van der Waals surface area contributed by atoms with E-state index in [1.165, 1.54) is 21.3 Å². The Hall–Kier alpha value is -4.54. The number of rotatable bonds is 14. The summed E-state index contributed by atoms with van der Waals surface area (Å²) in [5, 5.41) is 3.02. The van der Waals surface area contributed by atoms with E-state index in [4.69, 9.17) is 4.74 Å². The maximum absolute atomic E-state index is 14.0. The van der Waals surface area contributed by atoms with E-state index in [0.717, 1.165) is 29.7 Å². The van der Waals surface area contributed by atoms with Crippen molar-refractivity contribution < 1.29 is 27.1 Å². The van der Waals surface area contributed by atoms with Crippen molar-refractivity contribution in [2.75, 3.05) is 26.7 Å². The van der Waals surface area contributed by atoms with Gasteiger partial charge in [0.25, 0.3) is 0 Å². The predicted octanol–water partition coefficient (Wildman–Crippen LogP) is 5.68. The molecule has 4 aromatic carbocycles. The first-order valence-electron chi connectivity index (χ1n) is 15.8. The van der Waals surface area contributed by atoms with E-state index in [1.54, 1.807) is 43.5 Å². The Morgan fingerprint density at radius 2 is 1.43 bits per heavy atom. The van der Waals surface area contributed by atoms with E-state index in [1.807, 2.05) is 54.6 Å². The van der Waals surface area contributed by atoms with Crippen LogP contribution in [0.3, 0.4) is 0 Å². The van der Waals surface area contributed by atoms with E-state index in [9.17, 15) is 22.4 Å². The molecule has 8 nitrogen and oxygen atoms in total. The Morgan fingerprint density at radius 3 is 2.06 bits per heavy atom. The molecular formula is C37H40FN3O5S. The van der Waals surface area contributed by atoms with Gasteiger partial charge in [-0.05, 0) is 84.3 Å². The number of sulfonamides is 1. The molecular weight excluding hydrogens is 617 g/mol. The van der Waals surface area contributed by atoms with Gasteiger partial charge in [0.1, 0.15) is 17.6 Å². The van der Waals surface area contributed by atoms with Gasteiger partial charge in [-0.1, -0.05) is 66.7 Å². The molecule has 1 aliphatic heterocycles. The van der Waals surface area contributed by atoms with Crippen molar-refractivity contribution in [3.63, 3.8) is 0 Å². The molecule has 5 rings (SSSR count). The highest BCUT2D eigenvalue weighted by Crippen LogP contribution is 2.26. The lowest BCUT2D eigenvalue weighted by Gasteiger charge is -2.32. The molecule has 0 aromatic heterocycles. The van der Waals surface area contributed by atoms with Gasteiger partial charge in [0.15, 0.2) is 0 Å². The van der Waals surface area contributed by atoms with E-state index in [-0.39, 0.29) is 29.7 Å². The quantitative estimate of drug-likeness (QED) is 0.188. The van der Waals surface area contributed by atoms with Crippen LogP contribution in [0.2, 0.25) is 0 Å². The van der Waals surface area contributed by atoms with E-state index >= 15 is 0 Å². The van der Waals surface area contributed by atoms with Crippen molar-refractivity contribution >= 4 is 21.8 Å². The van der Waals surface area contributed by atoms with Crippen molar-refractivity contribution in [3.8, 4) is 5.75 Å². The Morgan fingerprint density at radius 1 is 0.830 bits per heavy atom. The predicted molar refractivity (Wildman–Crippen MR) is 179 cm³/mol. The molecule has 4 aromatic rings. The van der Waals surface area contributed by atoms with Crippen LogP contribution < -0.4 is 10.1 Å². The van der Waals surface area contributed by atoms with Gasteiger partial charge < -0.3 is 15.0 Å². The van der Waals surface area contributed by atoms with Gasteiger partial charge in [-0.3, -0.25) is 9.59 Å². The van der Waals surface area contributed by atoms with Crippen molar-refractivity contribution in [2.45, 2.75) is 49.6 Å². The second-order valence-corrected chi connectivity index (χ2v) is 13.5. The molecule has 2 amide bonds. The third kappa shape index (κ3) is 8.84. The SMILES string of the molecule is COc1ccc(CCNC(=O)[C@H](c2ccccc2)N(Cc2ccc(F)cc2)C(=O)CCc2ccc(S(=O)(=O)N3CCCC3)cc2)cc1. The average molecular weight is 658 g/mol. The number of carbonyl (C=O) groups excluding carboxylic acids is 2. The number of ether oxygens (including phenoxy) is 1. The molecule has 0 unspecified atom stereocenters. The zero-order valence-electron chi connectivity index (χ0n) is 26.5. The monoisotopic (exact) mass is 657 g/mol. The standard InChI is InChI=1S/C37H40FN3O5S/c1-46-33-18-11-29(12-19-33)23-24-39-37(43)36(31-7-3-2-4-8-31)41(27-30-9-16-32(38)17-10-30)35(42)22-15-28-13-20-34(21-14-28)47(44,45)40-25-5-6-26-40/h2-4,7-14,16-21,36H,5-6,15,22-27H2,1H3,(H,39,43)/t36-/m0/s1. The molecule has 47 heavy (non-hydrogen) atoms. The van der Waals surface area contributed by atoms with Crippen LogP contribution in [0.1, 0.15) is 47.6 Å². The highest BCUT2D eigenvalue weighted by molar-refractivity contribution is 7.89. The van der Waals surface area contributed by atoms with Crippen LogP contribution >= 0.6 is 0 Å². The van der Waals surface area contributed by atoms with Crippen molar-refractivity contribution in [2.24, 2.45) is 0 Å². The molecule has 0 bridgehead atoms.